The molecule has 1 aromatic heterocycles. The molecule has 1 fully saturated rings. The molecule has 0 bridgehead atoms. The Labute approximate surface area is 198 Å². The van der Waals surface area contributed by atoms with Gasteiger partial charge in [0.1, 0.15) is 17.3 Å². The quantitative estimate of drug-likeness (QED) is 0.588. The molecule has 2 heterocycles. The highest BCUT2D eigenvalue weighted by atomic mass is 32.2. The van der Waals surface area contributed by atoms with Crippen molar-refractivity contribution in [3.63, 3.8) is 0 Å². The topological polar surface area (TPSA) is 96.7 Å². The van der Waals surface area contributed by atoms with Gasteiger partial charge in [-0.1, -0.05) is 24.6 Å². The zero-order chi connectivity index (χ0) is 24.3. The number of hydrogen-bond donors (Lipinski definition) is 1. The molecule has 0 atom stereocenters. The summed E-state index contributed by atoms with van der Waals surface area (Å²) in [4.78, 5) is 14.8. The first kappa shape index (κ1) is 23.6. The Morgan fingerprint density at radius 1 is 1.12 bits per heavy atom. The lowest BCUT2D eigenvalue weighted by molar-refractivity contribution is 0.102. The highest BCUT2D eigenvalue weighted by Crippen LogP contribution is 2.22. The standard InChI is InChI=1S/C24H26FN5O3S/c1-17-20(16-26-30(17)22-12-6-5-11-21(22)25)24(31)27-18-9-8-10-19(15-18)34(32,33)28-23-13-4-3-7-14-29(23)2/h5-6,8-12,15-16H,3-4,7,13-14H2,1-2H3,(H,27,31)/b28-23+. The van der Waals surface area contributed by atoms with Crippen LogP contribution in [-0.2, 0) is 10.0 Å². The Morgan fingerprint density at radius 3 is 2.71 bits per heavy atom. The van der Waals surface area contributed by atoms with Gasteiger partial charge < -0.3 is 10.2 Å². The number of nitrogens with one attached hydrogen (secondary N) is 1. The molecule has 10 heteroatoms. The van der Waals surface area contributed by atoms with Crippen molar-refractivity contribution in [1.82, 2.24) is 14.7 Å². The van der Waals surface area contributed by atoms with Crippen molar-refractivity contribution in [2.75, 3.05) is 18.9 Å². The van der Waals surface area contributed by atoms with Crippen molar-refractivity contribution in [1.29, 1.82) is 0 Å². The fourth-order valence-electron chi connectivity index (χ4n) is 3.87. The summed E-state index contributed by atoms with van der Waals surface area (Å²) >= 11 is 0. The molecule has 0 spiro atoms. The van der Waals surface area contributed by atoms with Crippen molar-refractivity contribution in [3.05, 3.63) is 71.8 Å². The number of aromatic nitrogens is 2. The monoisotopic (exact) mass is 483 g/mol. The summed E-state index contributed by atoms with van der Waals surface area (Å²) in [5.41, 5.74) is 1.24. The average molecular weight is 484 g/mol. The van der Waals surface area contributed by atoms with E-state index in [4.69, 9.17) is 0 Å². The van der Waals surface area contributed by atoms with Crippen LogP contribution in [-0.4, -0.2) is 48.4 Å². The Bertz CT molecular complexity index is 1350. The number of sulfonamides is 1. The number of benzene rings is 2. The van der Waals surface area contributed by atoms with Gasteiger partial charge in [-0.05, 0) is 50.1 Å². The third kappa shape index (κ3) is 5.01. The van der Waals surface area contributed by atoms with Gasteiger partial charge in [0.25, 0.3) is 15.9 Å². The van der Waals surface area contributed by atoms with E-state index in [1.54, 1.807) is 37.3 Å². The summed E-state index contributed by atoms with van der Waals surface area (Å²) in [6.07, 6.45) is 4.90. The van der Waals surface area contributed by atoms with Crippen LogP contribution in [0.1, 0.15) is 41.7 Å². The van der Waals surface area contributed by atoms with Crippen LogP contribution < -0.4 is 5.32 Å². The van der Waals surface area contributed by atoms with Gasteiger partial charge in [0.15, 0.2) is 0 Å². The van der Waals surface area contributed by atoms with Crippen molar-refractivity contribution >= 4 is 27.5 Å². The van der Waals surface area contributed by atoms with Crippen molar-refractivity contribution in [2.45, 2.75) is 37.5 Å². The molecular formula is C24H26FN5O3S. The summed E-state index contributed by atoms with van der Waals surface area (Å²) in [5, 5.41) is 6.85. The fourth-order valence-corrected chi connectivity index (χ4v) is 5.01. The third-order valence-electron chi connectivity index (χ3n) is 5.78. The molecule has 0 saturated carbocycles. The Balaban J connectivity index is 1.56. The number of nitrogens with zero attached hydrogens (tertiary/aromatic N) is 4. The van der Waals surface area contributed by atoms with E-state index in [0.717, 1.165) is 25.8 Å². The molecule has 0 aliphatic carbocycles. The largest absolute Gasteiger partial charge is 0.362 e. The van der Waals surface area contributed by atoms with E-state index in [2.05, 4.69) is 14.8 Å². The predicted molar refractivity (Wildman–Crippen MR) is 128 cm³/mol. The smallest absolute Gasteiger partial charge is 0.284 e. The molecule has 1 aliphatic rings. The molecular weight excluding hydrogens is 457 g/mol. The van der Waals surface area contributed by atoms with Crippen LogP contribution in [0.2, 0.25) is 0 Å². The third-order valence-corrected chi connectivity index (χ3v) is 7.09. The molecule has 34 heavy (non-hydrogen) atoms. The zero-order valence-electron chi connectivity index (χ0n) is 19.0. The van der Waals surface area contributed by atoms with Gasteiger partial charge in [-0.2, -0.15) is 13.5 Å². The summed E-state index contributed by atoms with van der Waals surface area (Å²) in [6.45, 7) is 2.43. The molecule has 178 valence electrons. The number of hydrogen-bond acceptors (Lipinski definition) is 4. The zero-order valence-corrected chi connectivity index (χ0v) is 19.8. The number of halogens is 1. The minimum atomic E-state index is -3.94. The molecule has 1 N–H and O–H groups in total. The van der Waals surface area contributed by atoms with Gasteiger partial charge in [0.2, 0.25) is 0 Å². The Hall–Kier alpha value is -3.53. The van der Waals surface area contributed by atoms with Crippen LogP contribution in [0.5, 0.6) is 0 Å². The van der Waals surface area contributed by atoms with E-state index in [9.17, 15) is 17.6 Å². The van der Waals surface area contributed by atoms with E-state index in [1.807, 2.05) is 11.9 Å². The van der Waals surface area contributed by atoms with Gasteiger partial charge in [0.05, 0.1) is 22.3 Å². The maximum atomic E-state index is 14.2. The van der Waals surface area contributed by atoms with Gasteiger partial charge in [-0.15, -0.1) is 4.40 Å². The summed E-state index contributed by atoms with van der Waals surface area (Å²) in [5.74, 6) is -0.396. The Morgan fingerprint density at radius 2 is 1.91 bits per heavy atom. The summed E-state index contributed by atoms with van der Waals surface area (Å²) in [7, 11) is -2.09. The highest BCUT2D eigenvalue weighted by Gasteiger charge is 2.20. The molecule has 8 nitrogen and oxygen atoms in total. The summed E-state index contributed by atoms with van der Waals surface area (Å²) in [6, 6.07) is 12.1. The van der Waals surface area contributed by atoms with E-state index in [-0.39, 0.29) is 16.1 Å². The minimum absolute atomic E-state index is 0.00535. The van der Waals surface area contributed by atoms with Crippen LogP contribution in [0.15, 0.2) is 64.0 Å². The van der Waals surface area contributed by atoms with Crippen molar-refractivity contribution < 1.29 is 17.6 Å². The van der Waals surface area contributed by atoms with Gasteiger partial charge in [0, 0.05) is 25.7 Å². The van der Waals surface area contributed by atoms with E-state index < -0.39 is 21.7 Å². The molecule has 1 saturated heterocycles. The second-order valence-electron chi connectivity index (χ2n) is 8.20. The lowest BCUT2D eigenvalue weighted by atomic mass is 10.2. The van der Waals surface area contributed by atoms with Crippen LogP contribution in [0.25, 0.3) is 5.69 Å². The number of likely N-dealkylation sites (tertiary alicyclic amines) is 1. The lowest BCUT2D eigenvalue weighted by Crippen LogP contribution is -2.26. The average Bonchev–Trinajstić information content (AvgIpc) is 3.08. The molecule has 2 aromatic carbocycles. The maximum absolute atomic E-state index is 14.2. The highest BCUT2D eigenvalue weighted by molar-refractivity contribution is 7.90. The summed E-state index contributed by atoms with van der Waals surface area (Å²) < 4.78 is 45.4. The van der Waals surface area contributed by atoms with E-state index in [0.29, 0.717) is 23.6 Å². The molecule has 0 radical (unpaired) electrons. The van der Waals surface area contributed by atoms with Crippen molar-refractivity contribution in [3.8, 4) is 5.69 Å². The predicted octanol–water partition coefficient (Wildman–Crippen LogP) is 4.17. The lowest BCUT2D eigenvalue weighted by Gasteiger charge is -2.17. The molecule has 1 amide bonds. The van der Waals surface area contributed by atoms with Crippen LogP contribution in [0.3, 0.4) is 0 Å². The molecule has 0 unspecified atom stereocenters. The second kappa shape index (κ2) is 9.76. The number of para-hydroxylation sites is 1. The van der Waals surface area contributed by atoms with E-state index in [1.165, 1.54) is 29.1 Å². The minimum Gasteiger partial charge on any atom is -0.362 e. The van der Waals surface area contributed by atoms with Crippen LogP contribution in [0.4, 0.5) is 10.1 Å². The number of carbonyl (C=O) groups excluding carboxylic acids is 1. The van der Waals surface area contributed by atoms with Crippen LogP contribution in [0, 0.1) is 12.7 Å². The second-order valence-corrected chi connectivity index (χ2v) is 9.81. The number of amidine groups is 1. The van der Waals surface area contributed by atoms with Gasteiger partial charge in [-0.25, -0.2) is 9.07 Å². The molecule has 1 aliphatic heterocycles. The maximum Gasteiger partial charge on any atom is 0.284 e. The first-order valence-electron chi connectivity index (χ1n) is 11.0. The number of carbonyl (C=O) groups is 1. The normalized spacial score (nSPS) is 15.9. The number of amides is 1. The molecule has 4 rings (SSSR count). The van der Waals surface area contributed by atoms with Gasteiger partial charge >= 0.3 is 0 Å². The van der Waals surface area contributed by atoms with Crippen LogP contribution >= 0.6 is 0 Å². The number of rotatable bonds is 5. The van der Waals surface area contributed by atoms with Gasteiger partial charge in [-0.3, -0.25) is 4.79 Å². The van der Waals surface area contributed by atoms with E-state index >= 15 is 0 Å². The van der Waals surface area contributed by atoms with Crippen molar-refractivity contribution in [2.24, 2.45) is 4.40 Å². The first-order valence-corrected chi connectivity index (χ1v) is 12.5. The first-order chi connectivity index (χ1) is 16.3. The number of anilines is 1. The SMILES string of the molecule is Cc1c(C(=O)Nc2cccc(S(=O)(=O)/N=C3\CCCCCN3C)c2)cnn1-c1ccccc1F. The fraction of sp³-hybridized carbons (Fsp3) is 0.292. The molecule has 3 aromatic rings. The Kier molecular flexibility index (Phi) is 6.78.